The van der Waals surface area contributed by atoms with Crippen molar-refractivity contribution in [3.05, 3.63) is 0 Å². The summed E-state index contributed by atoms with van der Waals surface area (Å²) in [6, 6.07) is 0.585. The molecule has 0 saturated carbocycles. The SMILES string of the molecule is CN1CCC(NCC(C#N)C(F)(F)F)C1=O. The van der Waals surface area contributed by atoms with Crippen LogP contribution in [0.4, 0.5) is 13.2 Å². The Hall–Kier alpha value is -1.29. The smallest absolute Gasteiger partial charge is 0.344 e. The van der Waals surface area contributed by atoms with Crippen molar-refractivity contribution in [1.82, 2.24) is 10.2 Å². The van der Waals surface area contributed by atoms with Crippen LogP contribution in [0.2, 0.25) is 0 Å². The molecular formula is C9H12F3N3O. The molecule has 1 aliphatic heterocycles. The van der Waals surface area contributed by atoms with Gasteiger partial charge in [0, 0.05) is 20.1 Å². The lowest BCUT2D eigenvalue weighted by Gasteiger charge is -2.16. The van der Waals surface area contributed by atoms with Crippen LogP contribution in [-0.2, 0) is 4.79 Å². The van der Waals surface area contributed by atoms with Gasteiger partial charge in [-0.3, -0.25) is 4.79 Å². The molecule has 2 atom stereocenters. The molecule has 7 heteroatoms. The van der Waals surface area contributed by atoms with E-state index < -0.39 is 24.7 Å². The number of carbonyl (C=O) groups excluding carboxylic acids is 1. The molecule has 0 aromatic rings. The van der Waals surface area contributed by atoms with Crippen molar-refractivity contribution in [2.45, 2.75) is 18.6 Å². The zero-order valence-corrected chi connectivity index (χ0v) is 8.71. The molecule has 1 saturated heterocycles. The number of halogens is 3. The quantitative estimate of drug-likeness (QED) is 0.775. The van der Waals surface area contributed by atoms with Crippen LogP contribution in [0.15, 0.2) is 0 Å². The van der Waals surface area contributed by atoms with Gasteiger partial charge in [0.15, 0.2) is 5.92 Å². The standard InChI is InChI=1S/C9H12F3N3O/c1-15-3-2-7(8(15)16)14-5-6(4-13)9(10,11)12/h6-7,14H,2-3,5H2,1H3. The number of nitrogens with zero attached hydrogens (tertiary/aromatic N) is 2. The number of hydrogen-bond donors (Lipinski definition) is 1. The topological polar surface area (TPSA) is 56.1 Å². The van der Waals surface area contributed by atoms with Gasteiger partial charge in [0.05, 0.1) is 12.1 Å². The fraction of sp³-hybridized carbons (Fsp3) is 0.778. The van der Waals surface area contributed by atoms with Gasteiger partial charge in [0.25, 0.3) is 0 Å². The van der Waals surface area contributed by atoms with Crippen molar-refractivity contribution in [2.75, 3.05) is 20.1 Å². The first kappa shape index (κ1) is 12.8. The second-order valence-corrected chi connectivity index (χ2v) is 3.73. The Morgan fingerprint density at radius 1 is 1.69 bits per heavy atom. The van der Waals surface area contributed by atoms with E-state index in [1.165, 1.54) is 11.0 Å². The molecule has 1 heterocycles. The predicted octanol–water partition coefficient (Wildman–Crippen LogP) is 0.509. The molecule has 0 spiro atoms. The fourth-order valence-corrected chi connectivity index (χ4v) is 1.51. The molecule has 1 rings (SSSR count). The molecule has 16 heavy (non-hydrogen) atoms. The molecule has 1 fully saturated rings. The number of nitrogens with one attached hydrogen (secondary N) is 1. The van der Waals surface area contributed by atoms with Crippen LogP contribution in [0.3, 0.4) is 0 Å². The van der Waals surface area contributed by atoms with Crippen LogP contribution in [-0.4, -0.2) is 43.2 Å². The Labute approximate surface area is 91.0 Å². The number of amides is 1. The number of nitriles is 1. The monoisotopic (exact) mass is 235 g/mol. The summed E-state index contributed by atoms with van der Waals surface area (Å²) in [4.78, 5) is 12.8. The summed E-state index contributed by atoms with van der Waals surface area (Å²) in [6.45, 7) is -0.00994. The minimum atomic E-state index is -4.55. The van der Waals surface area contributed by atoms with Gasteiger partial charge in [-0.05, 0) is 6.42 Å². The molecule has 1 amide bonds. The third-order valence-corrected chi connectivity index (χ3v) is 2.55. The minimum Gasteiger partial charge on any atom is -0.344 e. The maximum atomic E-state index is 12.2. The van der Waals surface area contributed by atoms with Crippen LogP contribution in [0, 0.1) is 17.2 Å². The lowest BCUT2D eigenvalue weighted by atomic mass is 10.1. The maximum absolute atomic E-state index is 12.2. The zero-order chi connectivity index (χ0) is 12.3. The maximum Gasteiger partial charge on any atom is 0.405 e. The summed E-state index contributed by atoms with van der Waals surface area (Å²) >= 11 is 0. The Bertz CT molecular complexity index is 310. The number of alkyl halides is 3. The van der Waals surface area contributed by atoms with Crippen molar-refractivity contribution >= 4 is 5.91 Å². The Balaban J connectivity index is 2.46. The van der Waals surface area contributed by atoms with E-state index in [0.29, 0.717) is 13.0 Å². The first-order chi connectivity index (χ1) is 7.36. The largest absolute Gasteiger partial charge is 0.405 e. The van der Waals surface area contributed by atoms with Crippen molar-refractivity contribution in [2.24, 2.45) is 5.92 Å². The van der Waals surface area contributed by atoms with E-state index >= 15 is 0 Å². The van der Waals surface area contributed by atoms with Crippen molar-refractivity contribution in [3.63, 3.8) is 0 Å². The first-order valence-corrected chi connectivity index (χ1v) is 4.81. The molecule has 4 nitrogen and oxygen atoms in total. The highest BCUT2D eigenvalue weighted by molar-refractivity contribution is 5.83. The summed E-state index contributed by atoms with van der Waals surface area (Å²) in [5.41, 5.74) is 0. The molecule has 0 aliphatic carbocycles. The van der Waals surface area contributed by atoms with Gasteiger partial charge < -0.3 is 10.2 Å². The molecule has 0 bridgehead atoms. The van der Waals surface area contributed by atoms with Crippen molar-refractivity contribution in [3.8, 4) is 6.07 Å². The van der Waals surface area contributed by atoms with Crippen LogP contribution in [0.1, 0.15) is 6.42 Å². The Morgan fingerprint density at radius 2 is 2.31 bits per heavy atom. The average molecular weight is 235 g/mol. The lowest BCUT2D eigenvalue weighted by Crippen LogP contribution is -2.42. The van der Waals surface area contributed by atoms with E-state index in [9.17, 15) is 18.0 Å². The normalized spacial score (nSPS) is 23.3. The molecule has 0 aromatic heterocycles. The minimum absolute atomic E-state index is 0.223. The molecule has 1 N–H and O–H groups in total. The highest BCUT2D eigenvalue weighted by Crippen LogP contribution is 2.25. The summed E-state index contributed by atoms with van der Waals surface area (Å²) in [7, 11) is 1.59. The average Bonchev–Trinajstić information content (AvgIpc) is 2.48. The van der Waals surface area contributed by atoms with E-state index in [-0.39, 0.29) is 5.91 Å². The van der Waals surface area contributed by atoms with E-state index in [2.05, 4.69) is 5.32 Å². The molecular weight excluding hydrogens is 223 g/mol. The van der Waals surface area contributed by atoms with Gasteiger partial charge in [-0.25, -0.2) is 0 Å². The van der Waals surface area contributed by atoms with Gasteiger partial charge in [-0.2, -0.15) is 18.4 Å². The zero-order valence-electron chi connectivity index (χ0n) is 8.71. The van der Waals surface area contributed by atoms with Crippen molar-refractivity contribution in [1.29, 1.82) is 5.26 Å². The third kappa shape index (κ3) is 2.85. The van der Waals surface area contributed by atoms with E-state index in [0.717, 1.165) is 0 Å². The summed E-state index contributed by atoms with van der Waals surface area (Å²) in [5, 5.41) is 10.8. The van der Waals surface area contributed by atoms with E-state index in [1.807, 2.05) is 0 Å². The second-order valence-electron chi connectivity index (χ2n) is 3.73. The molecule has 0 aromatic carbocycles. The fourth-order valence-electron chi connectivity index (χ4n) is 1.51. The summed E-state index contributed by atoms with van der Waals surface area (Å²) in [5.74, 6) is -2.29. The van der Waals surface area contributed by atoms with Crippen LogP contribution in [0.5, 0.6) is 0 Å². The van der Waals surface area contributed by atoms with Crippen LogP contribution in [0.25, 0.3) is 0 Å². The van der Waals surface area contributed by atoms with Crippen molar-refractivity contribution < 1.29 is 18.0 Å². The van der Waals surface area contributed by atoms with E-state index in [4.69, 9.17) is 5.26 Å². The number of likely N-dealkylation sites (N-methyl/N-ethyl adjacent to an activating group) is 1. The molecule has 2 unspecified atom stereocenters. The highest BCUT2D eigenvalue weighted by Gasteiger charge is 2.40. The number of rotatable bonds is 3. The van der Waals surface area contributed by atoms with Gasteiger partial charge >= 0.3 is 6.18 Å². The highest BCUT2D eigenvalue weighted by atomic mass is 19.4. The predicted molar refractivity (Wildman–Crippen MR) is 49.2 cm³/mol. The van der Waals surface area contributed by atoms with Gasteiger partial charge in [-0.15, -0.1) is 0 Å². The number of carbonyl (C=O) groups is 1. The third-order valence-electron chi connectivity index (χ3n) is 2.55. The van der Waals surface area contributed by atoms with Gasteiger partial charge in [0.1, 0.15) is 0 Å². The first-order valence-electron chi connectivity index (χ1n) is 4.81. The molecule has 0 radical (unpaired) electrons. The van der Waals surface area contributed by atoms with E-state index in [1.54, 1.807) is 7.05 Å². The summed E-state index contributed by atoms with van der Waals surface area (Å²) < 4.78 is 36.6. The Morgan fingerprint density at radius 3 is 2.69 bits per heavy atom. The van der Waals surface area contributed by atoms with Gasteiger partial charge in [0.2, 0.25) is 5.91 Å². The Kier molecular flexibility index (Phi) is 3.75. The lowest BCUT2D eigenvalue weighted by molar-refractivity contribution is -0.158. The second kappa shape index (κ2) is 4.70. The summed E-state index contributed by atoms with van der Waals surface area (Å²) in [6.07, 6.45) is -4.07. The number of hydrogen-bond acceptors (Lipinski definition) is 3. The molecule has 1 aliphatic rings. The molecule has 90 valence electrons. The van der Waals surface area contributed by atoms with Gasteiger partial charge in [-0.1, -0.05) is 0 Å². The van der Waals surface area contributed by atoms with Crippen LogP contribution >= 0.6 is 0 Å². The van der Waals surface area contributed by atoms with Crippen LogP contribution < -0.4 is 5.32 Å². The number of likely N-dealkylation sites (tertiary alicyclic amines) is 1.